The first kappa shape index (κ1) is 9.05. The SMILES string of the molecule is C=c1cccc/c1=C(/C)C(C)C. The standard InChI is InChI=1S/C12H16/c1-9(2)11(4)12-8-6-5-7-10(12)3/h5-9H,3H2,1-2,4H3/b12-11+. The molecule has 0 radical (unpaired) electrons. The zero-order valence-electron chi connectivity index (χ0n) is 8.09. The van der Waals surface area contributed by atoms with E-state index in [0.717, 1.165) is 5.22 Å². The zero-order valence-corrected chi connectivity index (χ0v) is 8.09. The van der Waals surface area contributed by atoms with E-state index >= 15 is 0 Å². The molecule has 0 aliphatic rings. The molecule has 0 N–H and O–H groups in total. The van der Waals surface area contributed by atoms with Gasteiger partial charge >= 0.3 is 0 Å². The fraction of sp³-hybridized carbons (Fsp3) is 0.333. The molecule has 0 bridgehead atoms. The van der Waals surface area contributed by atoms with Crippen molar-refractivity contribution >= 4 is 12.2 Å². The molecule has 1 aromatic rings. The van der Waals surface area contributed by atoms with Crippen molar-refractivity contribution in [2.45, 2.75) is 20.8 Å². The molecular weight excluding hydrogens is 144 g/mol. The largest absolute Gasteiger partial charge is 0.0912 e. The fourth-order valence-electron chi connectivity index (χ4n) is 1.22. The minimum absolute atomic E-state index is 0.605. The second-order valence-corrected chi connectivity index (χ2v) is 3.49. The second kappa shape index (κ2) is 3.57. The van der Waals surface area contributed by atoms with Gasteiger partial charge in [-0.15, -0.1) is 0 Å². The van der Waals surface area contributed by atoms with Crippen LogP contribution in [-0.2, 0) is 0 Å². The number of hydrogen-bond acceptors (Lipinski definition) is 0. The Balaban J connectivity index is 3.45. The quantitative estimate of drug-likeness (QED) is 0.589. The Morgan fingerprint density at radius 2 is 1.83 bits per heavy atom. The van der Waals surface area contributed by atoms with Crippen molar-refractivity contribution in [2.75, 3.05) is 0 Å². The average Bonchev–Trinajstić information content (AvgIpc) is 2.04. The van der Waals surface area contributed by atoms with Gasteiger partial charge in [-0.1, -0.05) is 50.3 Å². The first-order chi connectivity index (χ1) is 5.63. The van der Waals surface area contributed by atoms with Gasteiger partial charge in [0.2, 0.25) is 0 Å². The summed E-state index contributed by atoms with van der Waals surface area (Å²) in [4.78, 5) is 0. The summed E-state index contributed by atoms with van der Waals surface area (Å²) in [6.07, 6.45) is 0. The summed E-state index contributed by atoms with van der Waals surface area (Å²) in [5, 5.41) is 2.43. The van der Waals surface area contributed by atoms with Crippen molar-refractivity contribution in [3.63, 3.8) is 0 Å². The highest BCUT2D eigenvalue weighted by Crippen LogP contribution is 2.05. The average molecular weight is 160 g/mol. The molecule has 0 spiro atoms. The van der Waals surface area contributed by atoms with Gasteiger partial charge in [0.1, 0.15) is 0 Å². The van der Waals surface area contributed by atoms with E-state index in [1.807, 2.05) is 6.07 Å². The van der Waals surface area contributed by atoms with Gasteiger partial charge in [-0.2, -0.15) is 0 Å². The van der Waals surface area contributed by atoms with Crippen LogP contribution in [0.1, 0.15) is 20.8 Å². The summed E-state index contributed by atoms with van der Waals surface area (Å²) in [5.74, 6) is 0.605. The number of benzene rings is 1. The van der Waals surface area contributed by atoms with Gasteiger partial charge in [-0.25, -0.2) is 0 Å². The summed E-state index contributed by atoms with van der Waals surface area (Å²) in [5.41, 5.74) is 1.42. The van der Waals surface area contributed by atoms with E-state index in [0.29, 0.717) is 5.92 Å². The van der Waals surface area contributed by atoms with Crippen LogP contribution < -0.4 is 10.4 Å². The van der Waals surface area contributed by atoms with Crippen molar-refractivity contribution in [2.24, 2.45) is 5.92 Å². The monoisotopic (exact) mass is 160 g/mol. The molecule has 0 saturated carbocycles. The van der Waals surface area contributed by atoms with Crippen LogP contribution in [-0.4, -0.2) is 0 Å². The molecule has 1 aromatic carbocycles. The van der Waals surface area contributed by atoms with E-state index in [4.69, 9.17) is 0 Å². The first-order valence-corrected chi connectivity index (χ1v) is 4.37. The van der Waals surface area contributed by atoms with E-state index in [-0.39, 0.29) is 0 Å². The Morgan fingerprint density at radius 3 is 2.33 bits per heavy atom. The lowest BCUT2D eigenvalue weighted by Crippen LogP contribution is -2.25. The van der Waals surface area contributed by atoms with Crippen LogP contribution in [0, 0.1) is 5.92 Å². The maximum Gasteiger partial charge on any atom is -0.0198 e. The summed E-state index contributed by atoms with van der Waals surface area (Å²) in [6.45, 7) is 10.6. The van der Waals surface area contributed by atoms with Crippen LogP contribution in [0.2, 0.25) is 0 Å². The normalized spacial score (nSPS) is 13.3. The number of rotatable bonds is 1. The Hall–Kier alpha value is -1.04. The van der Waals surface area contributed by atoms with Crippen molar-refractivity contribution in [1.29, 1.82) is 0 Å². The van der Waals surface area contributed by atoms with Gasteiger partial charge < -0.3 is 0 Å². The molecule has 0 saturated heterocycles. The molecular formula is C12H16. The predicted octanol–water partition coefficient (Wildman–Crippen LogP) is 1.92. The van der Waals surface area contributed by atoms with Gasteiger partial charge in [0.15, 0.2) is 0 Å². The molecule has 0 aliphatic carbocycles. The van der Waals surface area contributed by atoms with Crippen molar-refractivity contribution in [3.8, 4) is 0 Å². The summed E-state index contributed by atoms with van der Waals surface area (Å²) in [6, 6.07) is 8.29. The van der Waals surface area contributed by atoms with Gasteiger partial charge in [0, 0.05) is 0 Å². The minimum atomic E-state index is 0.605. The van der Waals surface area contributed by atoms with E-state index in [1.165, 1.54) is 10.8 Å². The van der Waals surface area contributed by atoms with Crippen molar-refractivity contribution in [1.82, 2.24) is 0 Å². The highest BCUT2D eigenvalue weighted by molar-refractivity contribution is 5.44. The smallest absolute Gasteiger partial charge is 0.0198 e. The maximum atomic E-state index is 4.00. The molecule has 12 heavy (non-hydrogen) atoms. The van der Waals surface area contributed by atoms with E-state index in [1.54, 1.807) is 0 Å². The van der Waals surface area contributed by atoms with Crippen LogP contribution in [0.5, 0.6) is 0 Å². The van der Waals surface area contributed by atoms with Gasteiger partial charge in [0.05, 0.1) is 0 Å². The van der Waals surface area contributed by atoms with Crippen molar-refractivity contribution < 1.29 is 0 Å². The van der Waals surface area contributed by atoms with Gasteiger partial charge in [-0.3, -0.25) is 0 Å². The summed E-state index contributed by atoms with van der Waals surface area (Å²) in [7, 11) is 0. The molecule has 0 heteroatoms. The molecule has 0 unspecified atom stereocenters. The van der Waals surface area contributed by atoms with Crippen LogP contribution in [0.3, 0.4) is 0 Å². The molecule has 0 nitrogen and oxygen atoms in total. The van der Waals surface area contributed by atoms with Gasteiger partial charge in [-0.05, 0) is 23.3 Å². The lowest BCUT2D eigenvalue weighted by molar-refractivity contribution is 0.840. The third-order valence-corrected chi connectivity index (χ3v) is 2.31. The second-order valence-electron chi connectivity index (χ2n) is 3.49. The van der Waals surface area contributed by atoms with Crippen LogP contribution >= 0.6 is 0 Å². The molecule has 0 fully saturated rings. The Kier molecular flexibility index (Phi) is 2.69. The maximum absolute atomic E-state index is 4.00. The van der Waals surface area contributed by atoms with E-state index in [9.17, 15) is 0 Å². The topological polar surface area (TPSA) is 0 Å². The lowest BCUT2D eigenvalue weighted by Gasteiger charge is -2.04. The van der Waals surface area contributed by atoms with Crippen LogP contribution in [0.15, 0.2) is 24.3 Å². The van der Waals surface area contributed by atoms with E-state index < -0.39 is 0 Å². The predicted molar refractivity (Wildman–Crippen MR) is 55.1 cm³/mol. The Morgan fingerprint density at radius 1 is 1.25 bits per heavy atom. The zero-order chi connectivity index (χ0) is 9.14. The third kappa shape index (κ3) is 1.76. The molecule has 0 aromatic heterocycles. The molecule has 0 aliphatic heterocycles. The highest BCUT2D eigenvalue weighted by Gasteiger charge is 1.96. The van der Waals surface area contributed by atoms with Crippen LogP contribution in [0.25, 0.3) is 12.2 Å². The van der Waals surface area contributed by atoms with E-state index in [2.05, 4.69) is 45.5 Å². The molecule has 64 valence electrons. The summed E-state index contributed by atoms with van der Waals surface area (Å²) < 4.78 is 0. The fourth-order valence-corrected chi connectivity index (χ4v) is 1.22. The molecule has 1 rings (SSSR count). The number of hydrogen-bond donors (Lipinski definition) is 0. The minimum Gasteiger partial charge on any atom is -0.0912 e. The first-order valence-electron chi connectivity index (χ1n) is 4.37. The Bertz CT molecular complexity index is 358. The molecule has 0 atom stereocenters. The van der Waals surface area contributed by atoms with Crippen molar-refractivity contribution in [3.05, 3.63) is 34.7 Å². The van der Waals surface area contributed by atoms with Gasteiger partial charge in [0.25, 0.3) is 0 Å². The Labute approximate surface area is 74.2 Å². The molecule has 0 heterocycles. The summed E-state index contributed by atoms with van der Waals surface area (Å²) >= 11 is 0. The third-order valence-electron chi connectivity index (χ3n) is 2.31. The van der Waals surface area contributed by atoms with Crippen LogP contribution in [0.4, 0.5) is 0 Å². The lowest BCUT2D eigenvalue weighted by atomic mass is 10.0. The molecule has 0 amide bonds. The highest BCUT2D eigenvalue weighted by atomic mass is 14.0.